The van der Waals surface area contributed by atoms with Gasteiger partial charge in [-0.3, -0.25) is 9.52 Å². The number of carbonyl (C=O) groups excluding carboxylic acids is 1. The molecule has 0 bridgehead atoms. The average molecular weight is 404 g/mol. The van der Waals surface area contributed by atoms with Crippen molar-refractivity contribution in [3.63, 3.8) is 0 Å². The highest BCUT2D eigenvalue weighted by Crippen LogP contribution is 2.32. The zero-order valence-electron chi connectivity index (χ0n) is 16.0. The number of nitrogens with zero attached hydrogens (tertiary/aromatic N) is 1. The summed E-state index contributed by atoms with van der Waals surface area (Å²) >= 11 is 0. The third kappa shape index (κ3) is 4.39. The molecule has 0 aliphatic carbocycles. The molecule has 1 saturated heterocycles. The Morgan fingerprint density at radius 3 is 2.36 bits per heavy atom. The smallest absolute Gasteiger partial charge is 0.262 e. The minimum atomic E-state index is -3.83. The first-order chi connectivity index (χ1) is 13.4. The minimum Gasteiger partial charge on any atom is -0.494 e. The molecule has 2 aromatic rings. The van der Waals surface area contributed by atoms with Gasteiger partial charge in [-0.1, -0.05) is 0 Å². The monoisotopic (exact) mass is 404 g/mol. The molecule has 0 radical (unpaired) electrons. The first kappa shape index (κ1) is 20.0. The molecule has 1 heterocycles. The van der Waals surface area contributed by atoms with Crippen LogP contribution in [-0.4, -0.2) is 34.1 Å². The molecule has 0 aromatic heterocycles. The van der Waals surface area contributed by atoms with Gasteiger partial charge >= 0.3 is 0 Å². The Morgan fingerprint density at radius 1 is 1.04 bits per heavy atom. The third-order valence-corrected chi connectivity index (χ3v) is 5.72. The van der Waals surface area contributed by atoms with Gasteiger partial charge in [0.15, 0.2) is 0 Å². The largest absolute Gasteiger partial charge is 0.494 e. The van der Waals surface area contributed by atoms with Gasteiger partial charge in [0.05, 0.1) is 23.8 Å². The van der Waals surface area contributed by atoms with Crippen molar-refractivity contribution in [2.24, 2.45) is 0 Å². The van der Waals surface area contributed by atoms with E-state index < -0.39 is 10.0 Å². The molecule has 7 nitrogen and oxygen atoms in total. The number of carbonyl (C=O) groups is 1. The number of nitrogens with one attached hydrogen (secondary N) is 1. The molecule has 1 amide bonds. The fourth-order valence-corrected chi connectivity index (χ4v) is 4.12. The maximum atomic E-state index is 12.8. The van der Waals surface area contributed by atoms with Gasteiger partial charge in [0.1, 0.15) is 11.5 Å². The maximum Gasteiger partial charge on any atom is 0.262 e. The summed E-state index contributed by atoms with van der Waals surface area (Å²) in [7, 11) is -3.83. The fourth-order valence-electron chi connectivity index (χ4n) is 3.06. The molecular weight excluding hydrogens is 380 g/mol. The second-order valence-corrected chi connectivity index (χ2v) is 7.95. The van der Waals surface area contributed by atoms with Crippen molar-refractivity contribution in [1.82, 2.24) is 0 Å². The van der Waals surface area contributed by atoms with Gasteiger partial charge in [-0.2, -0.15) is 0 Å². The Morgan fingerprint density at radius 2 is 1.75 bits per heavy atom. The number of sulfonamides is 1. The summed E-state index contributed by atoms with van der Waals surface area (Å²) in [6.45, 7) is 5.21. The van der Waals surface area contributed by atoms with Crippen LogP contribution in [0.2, 0.25) is 0 Å². The van der Waals surface area contributed by atoms with E-state index in [0.29, 0.717) is 49.1 Å². The summed E-state index contributed by atoms with van der Waals surface area (Å²) < 4.78 is 39.2. The molecule has 1 aliphatic heterocycles. The predicted octanol–water partition coefficient (Wildman–Crippen LogP) is 3.41. The third-order valence-electron chi connectivity index (χ3n) is 4.34. The number of amides is 1. The van der Waals surface area contributed by atoms with E-state index in [2.05, 4.69) is 4.72 Å². The lowest BCUT2D eigenvalue weighted by Gasteiger charge is -2.17. The molecule has 1 aliphatic rings. The van der Waals surface area contributed by atoms with Gasteiger partial charge in [-0.25, -0.2) is 8.42 Å². The summed E-state index contributed by atoms with van der Waals surface area (Å²) in [5, 5.41) is 0. The topological polar surface area (TPSA) is 84.9 Å². The highest BCUT2D eigenvalue weighted by atomic mass is 32.2. The zero-order valence-corrected chi connectivity index (χ0v) is 16.8. The lowest BCUT2D eigenvalue weighted by atomic mass is 10.3. The zero-order chi connectivity index (χ0) is 20.1. The Kier molecular flexibility index (Phi) is 6.08. The van der Waals surface area contributed by atoms with Crippen LogP contribution >= 0.6 is 0 Å². The Labute approximate surface area is 165 Å². The van der Waals surface area contributed by atoms with E-state index in [1.165, 1.54) is 12.1 Å². The van der Waals surface area contributed by atoms with E-state index in [4.69, 9.17) is 9.47 Å². The number of ether oxygens (including phenoxy) is 2. The molecule has 0 spiro atoms. The summed E-state index contributed by atoms with van der Waals surface area (Å²) in [5.74, 6) is 1.03. The highest BCUT2D eigenvalue weighted by molar-refractivity contribution is 7.92. The predicted molar refractivity (Wildman–Crippen MR) is 108 cm³/mol. The van der Waals surface area contributed by atoms with Gasteiger partial charge in [0.2, 0.25) is 5.91 Å². The highest BCUT2D eigenvalue weighted by Gasteiger charge is 2.23. The van der Waals surface area contributed by atoms with Gasteiger partial charge < -0.3 is 14.4 Å². The number of hydrogen-bond acceptors (Lipinski definition) is 5. The molecule has 28 heavy (non-hydrogen) atoms. The van der Waals surface area contributed by atoms with Crippen molar-refractivity contribution in [3.8, 4) is 11.5 Å². The summed E-state index contributed by atoms with van der Waals surface area (Å²) in [6.07, 6.45) is 1.34. The van der Waals surface area contributed by atoms with E-state index >= 15 is 0 Å². The van der Waals surface area contributed by atoms with Crippen molar-refractivity contribution in [1.29, 1.82) is 0 Å². The SMILES string of the molecule is CCOc1ccc(OCC)c(NS(=O)(=O)c2ccc(N3CCCC3=O)cc2)c1. The summed E-state index contributed by atoms with van der Waals surface area (Å²) in [6, 6.07) is 11.3. The number of benzene rings is 2. The standard InChI is InChI=1S/C20H24N2O5S/c1-3-26-16-9-12-19(27-4-2)18(14-16)21-28(24,25)17-10-7-15(8-11-17)22-13-5-6-20(22)23/h7-12,14,21H,3-6,13H2,1-2H3. The number of hydrogen-bond donors (Lipinski definition) is 1. The molecular formula is C20H24N2O5S. The lowest BCUT2D eigenvalue weighted by molar-refractivity contribution is -0.117. The average Bonchev–Trinajstić information content (AvgIpc) is 3.10. The van der Waals surface area contributed by atoms with Crippen LogP contribution in [0.25, 0.3) is 0 Å². The van der Waals surface area contributed by atoms with Crippen LogP contribution in [0, 0.1) is 0 Å². The van der Waals surface area contributed by atoms with E-state index in [1.807, 2.05) is 13.8 Å². The molecule has 150 valence electrons. The Balaban J connectivity index is 1.85. The molecule has 1 fully saturated rings. The van der Waals surface area contributed by atoms with Crippen LogP contribution in [0.1, 0.15) is 26.7 Å². The minimum absolute atomic E-state index is 0.0582. The van der Waals surface area contributed by atoms with Gasteiger partial charge in [-0.15, -0.1) is 0 Å². The van der Waals surface area contributed by atoms with E-state index in [-0.39, 0.29) is 10.8 Å². The van der Waals surface area contributed by atoms with Crippen LogP contribution in [-0.2, 0) is 14.8 Å². The first-order valence-electron chi connectivity index (χ1n) is 9.27. The van der Waals surface area contributed by atoms with Crippen LogP contribution in [0.15, 0.2) is 47.4 Å². The Hall–Kier alpha value is -2.74. The lowest BCUT2D eigenvalue weighted by Crippen LogP contribution is -2.23. The van der Waals surface area contributed by atoms with Crippen LogP contribution in [0.3, 0.4) is 0 Å². The van der Waals surface area contributed by atoms with Crippen LogP contribution in [0.5, 0.6) is 11.5 Å². The van der Waals surface area contributed by atoms with Gasteiger partial charge in [0, 0.05) is 24.7 Å². The van der Waals surface area contributed by atoms with E-state index in [1.54, 1.807) is 35.2 Å². The maximum absolute atomic E-state index is 12.8. The number of anilines is 2. The normalized spacial score (nSPS) is 14.2. The van der Waals surface area contributed by atoms with Crippen LogP contribution in [0.4, 0.5) is 11.4 Å². The van der Waals surface area contributed by atoms with E-state index in [9.17, 15) is 13.2 Å². The quantitative estimate of drug-likeness (QED) is 0.729. The molecule has 3 rings (SSSR count). The molecule has 0 saturated carbocycles. The molecule has 1 N–H and O–H groups in total. The molecule has 0 unspecified atom stereocenters. The van der Waals surface area contributed by atoms with Gasteiger partial charge in [-0.05, 0) is 56.7 Å². The first-order valence-corrected chi connectivity index (χ1v) is 10.8. The van der Waals surface area contributed by atoms with E-state index in [0.717, 1.165) is 6.42 Å². The van der Waals surface area contributed by atoms with Crippen molar-refractivity contribution >= 4 is 27.3 Å². The second-order valence-electron chi connectivity index (χ2n) is 6.27. The van der Waals surface area contributed by atoms with Crippen molar-refractivity contribution in [2.75, 3.05) is 29.4 Å². The Bertz CT molecular complexity index is 942. The molecule has 0 atom stereocenters. The van der Waals surface area contributed by atoms with Crippen LogP contribution < -0.4 is 19.1 Å². The molecule has 2 aromatic carbocycles. The summed E-state index contributed by atoms with van der Waals surface area (Å²) in [5.41, 5.74) is 1.02. The fraction of sp³-hybridized carbons (Fsp3) is 0.350. The molecule has 8 heteroatoms. The number of rotatable bonds is 8. The summed E-state index contributed by atoms with van der Waals surface area (Å²) in [4.78, 5) is 13.6. The van der Waals surface area contributed by atoms with Crippen molar-refractivity contribution in [2.45, 2.75) is 31.6 Å². The van der Waals surface area contributed by atoms with Gasteiger partial charge in [0.25, 0.3) is 10.0 Å². The van der Waals surface area contributed by atoms with Crippen molar-refractivity contribution in [3.05, 3.63) is 42.5 Å². The second kappa shape index (κ2) is 8.52. The van der Waals surface area contributed by atoms with Crippen molar-refractivity contribution < 1.29 is 22.7 Å².